The Kier molecular flexibility index (Phi) is 2.94. The average molecular weight is 256 g/mol. The van der Waals surface area contributed by atoms with Crippen molar-refractivity contribution in [3.05, 3.63) is 53.6 Å². The van der Waals surface area contributed by atoms with Crippen molar-refractivity contribution in [3.63, 3.8) is 0 Å². The molecule has 0 spiro atoms. The zero-order valence-electron chi connectivity index (χ0n) is 11.5. The van der Waals surface area contributed by atoms with Crippen molar-refractivity contribution in [3.8, 4) is 0 Å². The van der Waals surface area contributed by atoms with E-state index >= 15 is 0 Å². The van der Waals surface area contributed by atoms with Crippen molar-refractivity contribution < 1.29 is 5.11 Å². The maximum absolute atomic E-state index is 10.3. The van der Waals surface area contributed by atoms with Crippen LogP contribution in [0.25, 0.3) is 0 Å². The highest BCUT2D eigenvalue weighted by atomic mass is 16.3. The molecule has 2 aromatic rings. The summed E-state index contributed by atoms with van der Waals surface area (Å²) in [6.07, 6.45) is 7.32. The fourth-order valence-corrected chi connectivity index (χ4v) is 3.02. The zero-order valence-corrected chi connectivity index (χ0v) is 11.5. The molecule has 0 saturated carbocycles. The van der Waals surface area contributed by atoms with Gasteiger partial charge in [-0.15, -0.1) is 0 Å². The van der Waals surface area contributed by atoms with Crippen LogP contribution < -0.4 is 0 Å². The normalized spacial score (nSPS) is 21.1. The molecule has 0 radical (unpaired) electrons. The van der Waals surface area contributed by atoms with E-state index in [0.717, 1.165) is 24.9 Å². The predicted molar refractivity (Wildman–Crippen MR) is 74.8 cm³/mol. The van der Waals surface area contributed by atoms with E-state index in [-0.39, 0.29) is 11.5 Å². The fraction of sp³-hybridized carbons (Fsp3) is 0.438. The molecule has 1 N–H and O–H groups in total. The molecule has 1 aliphatic carbocycles. The second-order valence-electron chi connectivity index (χ2n) is 6.27. The van der Waals surface area contributed by atoms with Crippen molar-refractivity contribution in [1.29, 1.82) is 0 Å². The lowest BCUT2D eigenvalue weighted by Gasteiger charge is -2.34. The van der Waals surface area contributed by atoms with Crippen molar-refractivity contribution in [2.75, 3.05) is 0 Å². The first kappa shape index (κ1) is 12.4. The molecule has 100 valence electrons. The molecule has 2 aromatic heterocycles. The van der Waals surface area contributed by atoms with E-state index in [1.165, 1.54) is 11.3 Å². The summed E-state index contributed by atoms with van der Waals surface area (Å²) in [6, 6.07) is 6.11. The van der Waals surface area contributed by atoms with Crippen molar-refractivity contribution in [2.24, 2.45) is 5.41 Å². The molecule has 3 heteroatoms. The Hall–Kier alpha value is -1.61. The molecule has 0 saturated heterocycles. The van der Waals surface area contributed by atoms with Gasteiger partial charge in [-0.2, -0.15) is 0 Å². The van der Waals surface area contributed by atoms with E-state index in [9.17, 15) is 5.11 Å². The van der Waals surface area contributed by atoms with E-state index < -0.39 is 0 Å². The average Bonchev–Trinajstić information content (AvgIpc) is 2.72. The maximum atomic E-state index is 10.3. The van der Waals surface area contributed by atoms with Gasteiger partial charge in [-0.3, -0.25) is 4.98 Å². The number of aromatic nitrogens is 2. The van der Waals surface area contributed by atoms with Gasteiger partial charge in [0.15, 0.2) is 0 Å². The summed E-state index contributed by atoms with van der Waals surface area (Å²) < 4.78 is 2.25. The van der Waals surface area contributed by atoms with Crippen LogP contribution in [-0.2, 0) is 13.0 Å². The van der Waals surface area contributed by atoms with Gasteiger partial charge in [0.2, 0.25) is 0 Å². The summed E-state index contributed by atoms with van der Waals surface area (Å²) in [4.78, 5) is 4.16. The molecule has 0 aliphatic heterocycles. The van der Waals surface area contributed by atoms with Gasteiger partial charge in [0.05, 0.1) is 6.10 Å². The summed E-state index contributed by atoms with van der Waals surface area (Å²) in [5, 5.41) is 10.3. The van der Waals surface area contributed by atoms with Gasteiger partial charge in [-0.1, -0.05) is 19.9 Å². The van der Waals surface area contributed by atoms with E-state index in [2.05, 4.69) is 41.7 Å². The molecule has 0 fully saturated rings. The van der Waals surface area contributed by atoms with Crippen LogP contribution >= 0.6 is 0 Å². The molecule has 2 heterocycles. The number of hydrogen-bond acceptors (Lipinski definition) is 2. The fourth-order valence-electron chi connectivity index (χ4n) is 3.02. The Labute approximate surface area is 113 Å². The zero-order chi connectivity index (χ0) is 13.5. The third-order valence-corrected chi connectivity index (χ3v) is 3.94. The highest BCUT2D eigenvalue weighted by Crippen LogP contribution is 2.41. The van der Waals surface area contributed by atoms with Crippen LogP contribution in [-0.4, -0.2) is 14.7 Å². The Morgan fingerprint density at radius 2 is 2.26 bits per heavy atom. The highest BCUT2D eigenvalue weighted by molar-refractivity contribution is 5.30. The Morgan fingerprint density at radius 3 is 3.00 bits per heavy atom. The van der Waals surface area contributed by atoms with Crippen molar-refractivity contribution >= 4 is 0 Å². The predicted octanol–water partition coefficient (Wildman–Crippen LogP) is 2.94. The van der Waals surface area contributed by atoms with Gasteiger partial charge >= 0.3 is 0 Å². The van der Waals surface area contributed by atoms with E-state index in [1.807, 2.05) is 12.3 Å². The van der Waals surface area contributed by atoms with Crippen LogP contribution in [0, 0.1) is 5.41 Å². The minimum absolute atomic E-state index is 0.164. The number of nitrogens with zero attached hydrogens (tertiary/aromatic N) is 2. The van der Waals surface area contributed by atoms with Gasteiger partial charge in [-0.25, -0.2) is 0 Å². The molecule has 0 bridgehead atoms. The molecule has 1 atom stereocenters. The number of aliphatic hydroxyl groups is 1. The van der Waals surface area contributed by atoms with Gasteiger partial charge in [0.25, 0.3) is 0 Å². The summed E-state index contributed by atoms with van der Waals surface area (Å²) >= 11 is 0. The highest BCUT2D eigenvalue weighted by Gasteiger charge is 2.33. The minimum atomic E-state index is -0.325. The lowest BCUT2D eigenvalue weighted by molar-refractivity contribution is 0.0981. The van der Waals surface area contributed by atoms with E-state index in [1.54, 1.807) is 6.20 Å². The van der Waals surface area contributed by atoms with Crippen molar-refractivity contribution in [1.82, 2.24) is 9.55 Å². The summed E-state index contributed by atoms with van der Waals surface area (Å²) in [6.45, 7) is 5.27. The minimum Gasteiger partial charge on any atom is -0.388 e. The van der Waals surface area contributed by atoms with Crippen molar-refractivity contribution in [2.45, 2.75) is 39.3 Å². The molecular formula is C16H20N2O. The third kappa shape index (κ3) is 2.43. The van der Waals surface area contributed by atoms with Gasteiger partial charge in [-0.05, 0) is 36.0 Å². The number of fused-ring (bicyclic) bond motifs is 1. The largest absolute Gasteiger partial charge is 0.388 e. The smallest absolute Gasteiger partial charge is 0.0812 e. The molecule has 0 aromatic carbocycles. The second-order valence-corrected chi connectivity index (χ2v) is 6.27. The Balaban J connectivity index is 1.93. The number of hydrogen-bond donors (Lipinski definition) is 1. The van der Waals surface area contributed by atoms with Crippen LogP contribution in [0.2, 0.25) is 0 Å². The monoisotopic (exact) mass is 256 g/mol. The standard InChI is InChI=1S/C16H20N2O/c1-16(2)8-14-13(15(19)9-16)5-7-18(14)11-12-4-3-6-17-10-12/h3-7,10,15,19H,8-9,11H2,1-2H3. The number of pyridine rings is 1. The summed E-state index contributed by atoms with van der Waals surface area (Å²) in [7, 11) is 0. The van der Waals surface area contributed by atoms with Crippen LogP contribution in [0.3, 0.4) is 0 Å². The maximum Gasteiger partial charge on any atom is 0.0812 e. The van der Waals surface area contributed by atoms with Crippen LogP contribution in [0.5, 0.6) is 0 Å². The first-order chi connectivity index (χ1) is 9.05. The molecule has 1 unspecified atom stereocenters. The molecule has 3 nitrogen and oxygen atoms in total. The lowest BCUT2D eigenvalue weighted by atomic mass is 9.75. The number of aliphatic hydroxyl groups excluding tert-OH is 1. The van der Waals surface area contributed by atoms with Crippen LogP contribution in [0.4, 0.5) is 0 Å². The molecule has 19 heavy (non-hydrogen) atoms. The first-order valence-corrected chi connectivity index (χ1v) is 6.80. The third-order valence-electron chi connectivity index (χ3n) is 3.94. The first-order valence-electron chi connectivity index (χ1n) is 6.80. The molecular weight excluding hydrogens is 236 g/mol. The van der Waals surface area contributed by atoms with E-state index in [4.69, 9.17) is 0 Å². The van der Waals surface area contributed by atoms with Crippen LogP contribution in [0.1, 0.15) is 43.2 Å². The van der Waals surface area contributed by atoms with Gasteiger partial charge < -0.3 is 9.67 Å². The van der Waals surface area contributed by atoms with Gasteiger partial charge in [0, 0.05) is 36.4 Å². The van der Waals surface area contributed by atoms with Crippen LogP contribution in [0.15, 0.2) is 36.8 Å². The summed E-state index contributed by atoms with van der Waals surface area (Å²) in [5.74, 6) is 0. The van der Waals surface area contributed by atoms with Gasteiger partial charge in [0.1, 0.15) is 0 Å². The topological polar surface area (TPSA) is 38.0 Å². The lowest BCUT2D eigenvalue weighted by Crippen LogP contribution is -2.26. The quantitative estimate of drug-likeness (QED) is 0.897. The van der Waals surface area contributed by atoms with E-state index in [0.29, 0.717) is 0 Å². The second kappa shape index (κ2) is 4.49. The Morgan fingerprint density at radius 1 is 1.42 bits per heavy atom. The summed E-state index contributed by atoms with van der Waals surface area (Å²) in [5.41, 5.74) is 3.73. The number of rotatable bonds is 2. The molecule has 3 rings (SSSR count). The molecule has 1 aliphatic rings. The SMILES string of the molecule is CC1(C)Cc2c(ccn2Cc2cccnc2)C(O)C1. The molecule has 0 amide bonds. The Bertz CT molecular complexity index is 572.